The largest absolute Gasteiger partial charge is 0.497 e. The minimum atomic E-state index is 0.591. The monoisotopic (exact) mass is 292 g/mol. The molecule has 1 heteroatoms. The Morgan fingerprint density at radius 2 is 2.05 bits per heavy atom. The number of rotatable bonds is 1. The summed E-state index contributed by atoms with van der Waals surface area (Å²) in [4.78, 5) is 0. The fraction of sp³-hybridized carbons (Fsp3) is 0.524. The Kier molecular flexibility index (Phi) is 3.30. The van der Waals surface area contributed by atoms with Gasteiger partial charge in [0.15, 0.2) is 0 Å². The predicted molar refractivity (Wildman–Crippen MR) is 89.8 cm³/mol. The number of methoxy groups -OCH3 is 1. The molecule has 1 fully saturated rings. The Morgan fingerprint density at radius 3 is 2.82 bits per heavy atom. The Labute approximate surface area is 133 Å². The van der Waals surface area contributed by atoms with Gasteiger partial charge in [0.2, 0.25) is 0 Å². The molecule has 0 amide bonds. The van der Waals surface area contributed by atoms with Gasteiger partial charge in [-0.05, 0) is 78.5 Å². The summed E-state index contributed by atoms with van der Waals surface area (Å²) in [6, 6.07) is 6.69. The van der Waals surface area contributed by atoms with Crippen molar-refractivity contribution in [1.29, 1.82) is 0 Å². The molecule has 1 aromatic carbocycles. The lowest BCUT2D eigenvalue weighted by molar-refractivity contribution is 0.137. The lowest BCUT2D eigenvalue weighted by Gasteiger charge is -2.44. The first kappa shape index (κ1) is 13.9. The summed E-state index contributed by atoms with van der Waals surface area (Å²) in [7, 11) is 1.75. The van der Waals surface area contributed by atoms with Gasteiger partial charge in [0.1, 0.15) is 5.75 Å². The molecule has 0 aliphatic heterocycles. The van der Waals surface area contributed by atoms with Gasteiger partial charge in [-0.3, -0.25) is 0 Å². The lowest BCUT2D eigenvalue weighted by Crippen LogP contribution is -2.35. The zero-order valence-corrected chi connectivity index (χ0v) is 13.5. The molecule has 22 heavy (non-hydrogen) atoms. The van der Waals surface area contributed by atoms with Gasteiger partial charge in [-0.25, -0.2) is 0 Å². The summed E-state index contributed by atoms with van der Waals surface area (Å²) in [6.07, 6.45) is 13.3. The minimum Gasteiger partial charge on any atom is -0.497 e. The van der Waals surface area contributed by atoms with E-state index in [1.165, 1.54) is 36.8 Å². The Hall–Kier alpha value is -1.68. The van der Waals surface area contributed by atoms with Crippen LogP contribution in [0.2, 0.25) is 0 Å². The van der Waals surface area contributed by atoms with E-state index in [1.54, 1.807) is 12.7 Å². The van der Waals surface area contributed by atoms with Crippen LogP contribution in [0.3, 0.4) is 0 Å². The summed E-state index contributed by atoms with van der Waals surface area (Å²) >= 11 is 0. The molecule has 4 rings (SSSR count). The molecule has 0 aromatic heterocycles. The Bertz CT molecular complexity index is 663. The molecule has 3 aliphatic rings. The molecule has 0 bridgehead atoms. The first-order chi connectivity index (χ1) is 10.7. The normalized spacial score (nSPS) is 35.7. The van der Waals surface area contributed by atoms with E-state index in [9.17, 15) is 0 Å². The van der Waals surface area contributed by atoms with Crippen LogP contribution in [0.25, 0.3) is 0 Å². The number of terminal acetylenes is 1. The van der Waals surface area contributed by atoms with Gasteiger partial charge in [-0.15, -0.1) is 6.42 Å². The molecule has 0 N–H and O–H groups in total. The molecular formula is C21H24O. The lowest BCUT2D eigenvalue weighted by atomic mass is 9.60. The van der Waals surface area contributed by atoms with Crippen LogP contribution in [0, 0.1) is 36.0 Å². The molecule has 0 saturated heterocycles. The number of fused-ring (bicyclic) bond motifs is 5. The molecule has 0 heterocycles. The van der Waals surface area contributed by atoms with Gasteiger partial charge in [0, 0.05) is 5.57 Å². The van der Waals surface area contributed by atoms with Crippen molar-refractivity contribution in [2.24, 2.45) is 23.7 Å². The van der Waals surface area contributed by atoms with Crippen LogP contribution in [0.5, 0.6) is 5.75 Å². The van der Waals surface area contributed by atoms with Crippen molar-refractivity contribution >= 4 is 0 Å². The van der Waals surface area contributed by atoms with Crippen molar-refractivity contribution in [3.8, 4) is 18.1 Å². The smallest absolute Gasteiger partial charge is 0.119 e. The van der Waals surface area contributed by atoms with E-state index in [4.69, 9.17) is 11.2 Å². The maximum absolute atomic E-state index is 5.72. The third-order valence-electron chi connectivity index (χ3n) is 6.48. The van der Waals surface area contributed by atoms with E-state index < -0.39 is 0 Å². The van der Waals surface area contributed by atoms with Crippen molar-refractivity contribution in [1.82, 2.24) is 0 Å². The number of aryl methyl sites for hydroxylation is 1. The van der Waals surface area contributed by atoms with Crippen molar-refractivity contribution in [3.05, 3.63) is 41.0 Å². The highest BCUT2D eigenvalue weighted by Gasteiger charge is 2.46. The number of hydrogen-bond acceptors (Lipinski definition) is 1. The zero-order chi connectivity index (χ0) is 15.3. The summed E-state index contributed by atoms with van der Waals surface area (Å²) in [5, 5.41) is 0. The van der Waals surface area contributed by atoms with Crippen LogP contribution < -0.4 is 4.74 Å². The van der Waals surface area contributed by atoms with E-state index >= 15 is 0 Å². The maximum atomic E-state index is 5.72. The van der Waals surface area contributed by atoms with E-state index in [0.29, 0.717) is 11.8 Å². The Morgan fingerprint density at radius 1 is 1.18 bits per heavy atom. The summed E-state index contributed by atoms with van der Waals surface area (Å²) < 4.78 is 5.40. The fourth-order valence-corrected chi connectivity index (χ4v) is 5.35. The topological polar surface area (TPSA) is 9.23 Å². The van der Waals surface area contributed by atoms with Crippen molar-refractivity contribution in [2.45, 2.75) is 38.5 Å². The van der Waals surface area contributed by atoms with E-state index in [2.05, 4.69) is 37.1 Å². The second-order valence-corrected chi connectivity index (χ2v) is 7.25. The fourth-order valence-electron chi connectivity index (χ4n) is 5.35. The molecule has 0 spiro atoms. The van der Waals surface area contributed by atoms with E-state index in [0.717, 1.165) is 23.5 Å². The highest BCUT2D eigenvalue weighted by molar-refractivity contribution is 5.42. The van der Waals surface area contributed by atoms with Gasteiger partial charge in [0.05, 0.1) is 7.11 Å². The molecule has 1 nitrogen and oxygen atoms in total. The highest BCUT2D eigenvalue weighted by atomic mass is 16.5. The van der Waals surface area contributed by atoms with Gasteiger partial charge >= 0.3 is 0 Å². The molecule has 5 unspecified atom stereocenters. The molecule has 0 radical (unpaired) electrons. The number of ether oxygens (including phenoxy) is 1. The average molecular weight is 292 g/mol. The van der Waals surface area contributed by atoms with Gasteiger partial charge in [-0.2, -0.15) is 0 Å². The Balaban J connectivity index is 1.68. The molecule has 3 aliphatic carbocycles. The number of hydrogen-bond donors (Lipinski definition) is 0. The van der Waals surface area contributed by atoms with Crippen LogP contribution >= 0.6 is 0 Å². The third kappa shape index (κ3) is 1.93. The maximum Gasteiger partial charge on any atom is 0.119 e. The van der Waals surface area contributed by atoms with Gasteiger partial charge < -0.3 is 4.74 Å². The third-order valence-corrected chi connectivity index (χ3v) is 6.48. The van der Waals surface area contributed by atoms with Crippen LogP contribution in [0.4, 0.5) is 0 Å². The first-order valence-electron chi connectivity index (χ1n) is 8.58. The first-order valence-corrected chi connectivity index (χ1v) is 8.58. The molecule has 5 atom stereocenters. The average Bonchev–Trinajstić information content (AvgIpc) is 2.90. The summed E-state index contributed by atoms with van der Waals surface area (Å²) in [5.41, 5.74) is 4.34. The standard InChI is InChI=1S/C21H24O/c1-4-14-12-21-17(13(14)2)9-10-19-18-8-6-16(22-3)11-15(18)5-7-20(19)21/h1,6,8,11-13,17,19-21H,5,7,9-10H2,2-3H3. The molecule has 114 valence electrons. The van der Waals surface area contributed by atoms with Crippen molar-refractivity contribution in [2.75, 3.05) is 7.11 Å². The quantitative estimate of drug-likeness (QED) is 0.689. The van der Waals surface area contributed by atoms with Crippen molar-refractivity contribution < 1.29 is 4.74 Å². The SMILES string of the molecule is C#CC1=CC2C(CCC3c4ccc(OC)cc4CCC32)C1C. The zero-order valence-electron chi connectivity index (χ0n) is 13.5. The second kappa shape index (κ2) is 5.20. The minimum absolute atomic E-state index is 0.591. The summed E-state index contributed by atoms with van der Waals surface area (Å²) in [6.45, 7) is 2.33. The molecule has 1 saturated carbocycles. The van der Waals surface area contributed by atoms with Crippen LogP contribution in [-0.2, 0) is 6.42 Å². The molecule has 1 aromatic rings. The van der Waals surface area contributed by atoms with Gasteiger partial charge in [0.25, 0.3) is 0 Å². The van der Waals surface area contributed by atoms with E-state index in [1.807, 2.05) is 0 Å². The van der Waals surface area contributed by atoms with Crippen LogP contribution in [0.15, 0.2) is 29.8 Å². The highest BCUT2D eigenvalue weighted by Crippen LogP contribution is 2.55. The van der Waals surface area contributed by atoms with Crippen LogP contribution in [0.1, 0.15) is 43.2 Å². The second-order valence-electron chi connectivity index (χ2n) is 7.25. The van der Waals surface area contributed by atoms with Gasteiger partial charge in [-0.1, -0.05) is 25.0 Å². The summed E-state index contributed by atoms with van der Waals surface area (Å²) in [5.74, 6) is 7.52. The van der Waals surface area contributed by atoms with Crippen molar-refractivity contribution in [3.63, 3.8) is 0 Å². The van der Waals surface area contributed by atoms with Crippen LogP contribution in [-0.4, -0.2) is 7.11 Å². The number of allylic oxidation sites excluding steroid dienone is 2. The molecular weight excluding hydrogens is 268 g/mol. The predicted octanol–water partition coefficient (Wildman–Crippen LogP) is 4.58. The van der Waals surface area contributed by atoms with E-state index in [-0.39, 0.29) is 0 Å². The number of benzene rings is 1.